The van der Waals surface area contributed by atoms with Crippen molar-refractivity contribution < 1.29 is 4.79 Å². The number of nitrogens with one attached hydrogen (secondary N) is 1. The van der Waals surface area contributed by atoms with Crippen LogP contribution in [0.4, 0.5) is 0 Å². The first-order valence-corrected chi connectivity index (χ1v) is 9.66. The lowest BCUT2D eigenvalue weighted by atomic mass is 9.90. The zero-order valence-electron chi connectivity index (χ0n) is 15.2. The number of hydrogen-bond acceptors (Lipinski definition) is 3. The molecule has 0 aromatic heterocycles. The quantitative estimate of drug-likeness (QED) is 0.920. The molecule has 2 aliphatic rings. The predicted octanol–water partition coefficient (Wildman–Crippen LogP) is 2.32. The molecule has 2 aromatic carbocycles. The Morgan fingerprint density at radius 1 is 0.885 bits per heavy atom. The van der Waals surface area contributed by atoms with Crippen molar-refractivity contribution in [1.82, 2.24) is 15.1 Å². The van der Waals surface area contributed by atoms with Gasteiger partial charge >= 0.3 is 0 Å². The van der Waals surface area contributed by atoms with Crippen molar-refractivity contribution in [3.8, 4) is 0 Å². The number of piperazine rings is 1. The van der Waals surface area contributed by atoms with Gasteiger partial charge < -0.3 is 10.2 Å². The number of rotatable bonds is 4. The maximum atomic E-state index is 13.5. The van der Waals surface area contributed by atoms with Gasteiger partial charge in [0.25, 0.3) is 0 Å². The van der Waals surface area contributed by atoms with Crippen molar-refractivity contribution in [2.24, 2.45) is 0 Å². The van der Waals surface area contributed by atoms with Crippen LogP contribution in [0.15, 0.2) is 60.7 Å². The van der Waals surface area contributed by atoms with Crippen LogP contribution in [0.25, 0.3) is 0 Å². The first-order chi connectivity index (χ1) is 12.8. The molecule has 1 unspecified atom stereocenters. The second-order valence-corrected chi connectivity index (χ2v) is 7.27. The van der Waals surface area contributed by atoms with Crippen molar-refractivity contribution in [2.45, 2.75) is 18.4 Å². The largest absolute Gasteiger partial charge is 0.340 e. The van der Waals surface area contributed by atoms with E-state index in [9.17, 15) is 4.79 Å². The molecule has 1 amide bonds. The van der Waals surface area contributed by atoms with Gasteiger partial charge in [-0.05, 0) is 17.5 Å². The number of carbonyl (C=O) groups is 1. The average Bonchev–Trinajstić information content (AvgIpc) is 3.21. The number of hydrogen-bond donors (Lipinski definition) is 1. The summed E-state index contributed by atoms with van der Waals surface area (Å²) in [6.07, 6.45) is 1.09. The van der Waals surface area contributed by atoms with Crippen molar-refractivity contribution in [3.05, 3.63) is 71.8 Å². The van der Waals surface area contributed by atoms with Crippen molar-refractivity contribution in [1.29, 1.82) is 0 Å². The summed E-state index contributed by atoms with van der Waals surface area (Å²) in [4.78, 5) is 18.1. The maximum absolute atomic E-state index is 13.5. The fourth-order valence-electron chi connectivity index (χ4n) is 4.24. The van der Waals surface area contributed by atoms with Crippen molar-refractivity contribution in [2.75, 3.05) is 39.3 Å². The number of nitrogens with zero attached hydrogens (tertiary/aromatic N) is 2. The van der Waals surface area contributed by atoms with Gasteiger partial charge in [-0.2, -0.15) is 0 Å². The Balaban J connectivity index is 1.54. The summed E-state index contributed by atoms with van der Waals surface area (Å²) in [5.74, 6) is 0.0270. The van der Waals surface area contributed by atoms with E-state index < -0.39 is 0 Å². The van der Waals surface area contributed by atoms with Crippen LogP contribution in [-0.4, -0.2) is 61.0 Å². The fourth-order valence-corrected chi connectivity index (χ4v) is 4.24. The predicted molar refractivity (Wildman–Crippen MR) is 104 cm³/mol. The molecule has 0 saturated carbocycles. The van der Waals surface area contributed by atoms with Gasteiger partial charge in [0.1, 0.15) is 0 Å². The summed E-state index contributed by atoms with van der Waals surface area (Å²) >= 11 is 0. The zero-order valence-corrected chi connectivity index (χ0v) is 15.2. The van der Waals surface area contributed by atoms with Crippen molar-refractivity contribution >= 4 is 5.91 Å². The average molecular weight is 349 g/mol. The van der Waals surface area contributed by atoms with Crippen LogP contribution in [0.5, 0.6) is 0 Å². The summed E-state index contributed by atoms with van der Waals surface area (Å²) in [5.41, 5.74) is 2.16. The Kier molecular flexibility index (Phi) is 5.32. The van der Waals surface area contributed by atoms with Gasteiger partial charge in [0, 0.05) is 45.3 Å². The number of carbonyl (C=O) groups excluding carboxylic acids is 1. The number of likely N-dealkylation sites (tertiary alicyclic amines) is 1. The topological polar surface area (TPSA) is 35.6 Å². The zero-order chi connectivity index (χ0) is 17.8. The van der Waals surface area contributed by atoms with E-state index in [2.05, 4.69) is 39.4 Å². The standard InChI is InChI=1S/C22H27N3O/c26-22(25-14-11-20(17-25)24-15-12-23-13-16-24)21(18-7-3-1-4-8-18)19-9-5-2-6-10-19/h1-10,20-21,23H,11-17H2. The minimum atomic E-state index is -0.209. The van der Waals surface area contributed by atoms with Crippen LogP contribution in [0, 0.1) is 0 Å². The second kappa shape index (κ2) is 8.02. The molecule has 0 spiro atoms. The molecule has 4 heteroatoms. The lowest BCUT2D eigenvalue weighted by Gasteiger charge is -2.33. The molecule has 2 aromatic rings. The molecule has 0 radical (unpaired) electrons. The minimum absolute atomic E-state index is 0.209. The molecule has 2 heterocycles. The highest BCUT2D eigenvalue weighted by molar-refractivity contribution is 5.87. The fraction of sp³-hybridized carbons (Fsp3) is 0.409. The summed E-state index contributed by atoms with van der Waals surface area (Å²) in [5, 5.41) is 3.41. The van der Waals surface area contributed by atoms with E-state index in [1.165, 1.54) is 0 Å². The summed E-state index contributed by atoms with van der Waals surface area (Å²) in [6, 6.07) is 20.9. The van der Waals surface area contributed by atoms with E-state index in [-0.39, 0.29) is 11.8 Å². The highest BCUT2D eigenvalue weighted by Crippen LogP contribution is 2.29. The van der Waals surface area contributed by atoms with E-state index >= 15 is 0 Å². The second-order valence-electron chi connectivity index (χ2n) is 7.27. The normalized spacial score (nSPS) is 21.3. The van der Waals surface area contributed by atoms with E-state index in [0.29, 0.717) is 6.04 Å². The first kappa shape index (κ1) is 17.3. The highest BCUT2D eigenvalue weighted by atomic mass is 16.2. The molecule has 0 aliphatic carbocycles. The van der Waals surface area contributed by atoms with Crippen LogP contribution in [-0.2, 0) is 4.79 Å². The Hall–Kier alpha value is -2.17. The van der Waals surface area contributed by atoms with Gasteiger partial charge in [0.2, 0.25) is 5.91 Å². The summed E-state index contributed by atoms with van der Waals surface area (Å²) in [7, 11) is 0. The molecule has 136 valence electrons. The summed E-state index contributed by atoms with van der Waals surface area (Å²) < 4.78 is 0. The maximum Gasteiger partial charge on any atom is 0.234 e. The van der Waals surface area contributed by atoms with Crippen LogP contribution >= 0.6 is 0 Å². The third kappa shape index (κ3) is 3.67. The molecule has 1 N–H and O–H groups in total. The lowest BCUT2D eigenvalue weighted by Crippen LogP contribution is -2.49. The Labute approximate surface area is 155 Å². The molecule has 1 atom stereocenters. The molecule has 2 fully saturated rings. The van der Waals surface area contributed by atoms with Gasteiger partial charge in [-0.3, -0.25) is 9.69 Å². The molecule has 2 saturated heterocycles. The van der Waals surface area contributed by atoms with Crippen LogP contribution in [0.2, 0.25) is 0 Å². The molecule has 0 bridgehead atoms. The number of amides is 1. The Morgan fingerprint density at radius 3 is 2.04 bits per heavy atom. The minimum Gasteiger partial charge on any atom is -0.340 e. The van der Waals surface area contributed by atoms with Gasteiger partial charge in [-0.25, -0.2) is 0 Å². The van der Waals surface area contributed by atoms with E-state index in [1.807, 2.05) is 36.4 Å². The van der Waals surface area contributed by atoms with Crippen LogP contribution < -0.4 is 5.32 Å². The molecule has 2 aliphatic heterocycles. The Morgan fingerprint density at radius 2 is 1.46 bits per heavy atom. The van der Waals surface area contributed by atoms with Gasteiger partial charge in [0.05, 0.1) is 5.92 Å². The van der Waals surface area contributed by atoms with Gasteiger partial charge in [-0.15, -0.1) is 0 Å². The van der Waals surface area contributed by atoms with Crippen LogP contribution in [0.1, 0.15) is 23.5 Å². The van der Waals surface area contributed by atoms with Gasteiger partial charge in [-0.1, -0.05) is 60.7 Å². The van der Waals surface area contributed by atoms with Crippen molar-refractivity contribution in [3.63, 3.8) is 0 Å². The summed E-state index contributed by atoms with van der Waals surface area (Å²) in [6.45, 7) is 6.02. The highest BCUT2D eigenvalue weighted by Gasteiger charge is 2.34. The third-order valence-electron chi connectivity index (χ3n) is 5.66. The van der Waals surface area contributed by atoms with E-state index in [0.717, 1.165) is 56.8 Å². The lowest BCUT2D eigenvalue weighted by molar-refractivity contribution is -0.131. The van der Waals surface area contributed by atoms with E-state index in [4.69, 9.17) is 0 Å². The SMILES string of the molecule is O=C(C(c1ccccc1)c1ccccc1)N1CCC(N2CCNCC2)C1. The third-order valence-corrected chi connectivity index (χ3v) is 5.66. The molecular weight excluding hydrogens is 322 g/mol. The first-order valence-electron chi connectivity index (χ1n) is 9.66. The monoisotopic (exact) mass is 349 g/mol. The molecule has 26 heavy (non-hydrogen) atoms. The molecule has 4 rings (SSSR count). The smallest absolute Gasteiger partial charge is 0.234 e. The van der Waals surface area contributed by atoms with Gasteiger partial charge in [0.15, 0.2) is 0 Å². The molecular formula is C22H27N3O. The van der Waals surface area contributed by atoms with E-state index in [1.54, 1.807) is 0 Å². The van der Waals surface area contributed by atoms with Crippen LogP contribution in [0.3, 0.4) is 0 Å². The number of benzene rings is 2. The Bertz CT molecular complexity index is 673. The molecule has 4 nitrogen and oxygen atoms in total.